The van der Waals surface area contributed by atoms with Gasteiger partial charge in [0.2, 0.25) is 5.13 Å². The molecule has 0 fully saturated rings. The fraction of sp³-hybridized carbons (Fsp3) is 0.0909. The van der Waals surface area contributed by atoms with E-state index in [1.807, 2.05) is 24.3 Å². The summed E-state index contributed by atoms with van der Waals surface area (Å²) in [7, 11) is 0. The standard InChI is InChI=1S/C11H8ClN3OS2/c12-9-4-3-8(18-9)10(7-2-1-5-16-7)14-11-15-13-6-17-11/h1-6,10H,(H,14,15). The summed E-state index contributed by atoms with van der Waals surface area (Å²) in [4.78, 5) is 1.07. The number of nitrogens with one attached hydrogen (secondary N) is 1. The van der Waals surface area contributed by atoms with Crippen LogP contribution in [0.5, 0.6) is 0 Å². The van der Waals surface area contributed by atoms with E-state index >= 15 is 0 Å². The second-order valence-corrected chi connectivity index (χ2v) is 6.06. The van der Waals surface area contributed by atoms with Gasteiger partial charge in [0.05, 0.1) is 10.6 Å². The average molecular weight is 298 g/mol. The molecule has 0 spiro atoms. The lowest BCUT2D eigenvalue weighted by Gasteiger charge is -2.13. The van der Waals surface area contributed by atoms with Crippen molar-refractivity contribution in [2.75, 3.05) is 5.32 Å². The molecule has 92 valence electrons. The lowest BCUT2D eigenvalue weighted by molar-refractivity contribution is 0.500. The molecule has 0 aliphatic rings. The second kappa shape index (κ2) is 5.09. The van der Waals surface area contributed by atoms with Gasteiger partial charge in [-0.1, -0.05) is 22.9 Å². The van der Waals surface area contributed by atoms with Crippen molar-refractivity contribution in [2.45, 2.75) is 6.04 Å². The summed E-state index contributed by atoms with van der Waals surface area (Å²) in [6.07, 6.45) is 1.65. The minimum Gasteiger partial charge on any atom is -0.467 e. The second-order valence-electron chi connectivity index (χ2n) is 3.48. The first kappa shape index (κ1) is 11.7. The number of hydrogen-bond donors (Lipinski definition) is 1. The molecule has 3 aromatic rings. The van der Waals surface area contributed by atoms with Crippen LogP contribution >= 0.6 is 34.3 Å². The predicted octanol–water partition coefficient (Wildman–Crippen LogP) is 4.05. The summed E-state index contributed by atoms with van der Waals surface area (Å²) < 4.78 is 6.22. The molecule has 0 aliphatic heterocycles. The number of anilines is 1. The number of thiophene rings is 1. The van der Waals surface area contributed by atoms with Crippen molar-refractivity contribution >= 4 is 39.4 Å². The number of aromatic nitrogens is 2. The van der Waals surface area contributed by atoms with E-state index in [9.17, 15) is 0 Å². The normalized spacial score (nSPS) is 12.5. The summed E-state index contributed by atoms with van der Waals surface area (Å²) in [6, 6.07) is 7.55. The average Bonchev–Trinajstić information content (AvgIpc) is 3.09. The van der Waals surface area contributed by atoms with E-state index in [0.717, 1.165) is 20.1 Å². The maximum Gasteiger partial charge on any atom is 0.206 e. The van der Waals surface area contributed by atoms with Crippen molar-refractivity contribution in [2.24, 2.45) is 0 Å². The van der Waals surface area contributed by atoms with Crippen molar-refractivity contribution in [3.05, 3.63) is 51.0 Å². The van der Waals surface area contributed by atoms with Gasteiger partial charge in [0.15, 0.2) is 0 Å². The first-order valence-electron chi connectivity index (χ1n) is 5.14. The number of furan rings is 1. The summed E-state index contributed by atoms with van der Waals surface area (Å²) in [5, 5.41) is 11.8. The molecule has 0 aliphatic carbocycles. The Labute approximate surface area is 116 Å². The molecule has 0 saturated carbocycles. The summed E-state index contributed by atoms with van der Waals surface area (Å²) in [6.45, 7) is 0. The van der Waals surface area contributed by atoms with Crippen molar-refractivity contribution < 1.29 is 4.42 Å². The zero-order chi connectivity index (χ0) is 12.4. The van der Waals surface area contributed by atoms with Crippen LogP contribution in [0, 0.1) is 0 Å². The molecular weight excluding hydrogens is 290 g/mol. The first-order valence-corrected chi connectivity index (χ1v) is 7.21. The lowest BCUT2D eigenvalue weighted by Crippen LogP contribution is -2.09. The fourth-order valence-electron chi connectivity index (χ4n) is 1.58. The van der Waals surface area contributed by atoms with Crippen molar-refractivity contribution in [1.29, 1.82) is 0 Å². The van der Waals surface area contributed by atoms with Crippen LogP contribution in [0.3, 0.4) is 0 Å². The molecule has 3 heterocycles. The molecule has 1 N–H and O–H groups in total. The number of rotatable bonds is 4. The van der Waals surface area contributed by atoms with Gasteiger partial charge in [-0.3, -0.25) is 0 Å². The highest BCUT2D eigenvalue weighted by Crippen LogP contribution is 2.33. The van der Waals surface area contributed by atoms with Crippen LogP contribution in [0.4, 0.5) is 5.13 Å². The minimum absolute atomic E-state index is 0.0922. The molecular formula is C11H8ClN3OS2. The Morgan fingerprint density at radius 2 is 2.28 bits per heavy atom. The summed E-state index contributed by atoms with van der Waals surface area (Å²) in [5.41, 5.74) is 1.68. The summed E-state index contributed by atoms with van der Waals surface area (Å²) in [5.74, 6) is 0.823. The van der Waals surface area contributed by atoms with E-state index in [-0.39, 0.29) is 6.04 Å². The zero-order valence-corrected chi connectivity index (χ0v) is 11.4. The molecule has 3 rings (SSSR count). The van der Waals surface area contributed by atoms with Crippen LogP contribution in [0.1, 0.15) is 16.7 Å². The monoisotopic (exact) mass is 297 g/mol. The Hall–Kier alpha value is -1.37. The molecule has 4 nitrogen and oxygen atoms in total. The van der Waals surface area contributed by atoms with E-state index in [1.54, 1.807) is 11.8 Å². The van der Waals surface area contributed by atoms with Crippen LogP contribution in [-0.2, 0) is 0 Å². The van der Waals surface area contributed by atoms with E-state index in [4.69, 9.17) is 16.0 Å². The van der Waals surface area contributed by atoms with Gasteiger partial charge in [-0.25, -0.2) is 0 Å². The van der Waals surface area contributed by atoms with Crippen LogP contribution in [-0.4, -0.2) is 10.2 Å². The molecule has 0 radical (unpaired) electrons. The third kappa shape index (κ3) is 2.40. The number of halogens is 1. The molecule has 1 unspecified atom stereocenters. The van der Waals surface area contributed by atoms with Crippen molar-refractivity contribution in [3.8, 4) is 0 Å². The SMILES string of the molecule is Clc1ccc(C(Nc2nncs2)c2ccco2)s1. The molecule has 7 heteroatoms. The first-order chi connectivity index (χ1) is 8.83. The van der Waals surface area contributed by atoms with Crippen LogP contribution in [0.2, 0.25) is 4.34 Å². The molecule has 0 amide bonds. The van der Waals surface area contributed by atoms with Crippen LogP contribution in [0.25, 0.3) is 0 Å². The van der Waals surface area contributed by atoms with Gasteiger partial charge in [0.25, 0.3) is 0 Å². The maximum atomic E-state index is 5.98. The molecule has 18 heavy (non-hydrogen) atoms. The Morgan fingerprint density at radius 1 is 1.33 bits per heavy atom. The molecule has 0 aromatic carbocycles. The Morgan fingerprint density at radius 3 is 2.89 bits per heavy atom. The van der Waals surface area contributed by atoms with Gasteiger partial charge in [-0.15, -0.1) is 21.5 Å². The van der Waals surface area contributed by atoms with Gasteiger partial charge in [-0.2, -0.15) is 0 Å². The van der Waals surface area contributed by atoms with Crippen molar-refractivity contribution in [1.82, 2.24) is 10.2 Å². The minimum atomic E-state index is -0.0922. The van der Waals surface area contributed by atoms with E-state index in [0.29, 0.717) is 0 Å². The van der Waals surface area contributed by atoms with Gasteiger partial charge in [-0.05, 0) is 24.3 Å². The van der Waals surface area contributed by atoms with E-state index < -0.39 is 0 Å². The Balaban J connectivity index is 1.93. The van der Waals surface area contributed by atoms with Crippen LogP contribution < -0.4 is 5.32 Å². The maximum absolute atomic E-state index is 5.98. The van der Waals surface area contributed by atoms with E-state index in [2.05, 4.69) is 15.5 Å². The van der Waals surface area contributed by atoms with Gasteiger partial charge in [0.1, 0.15) is 17.3 Å². The topological polar surface area (TPSA) is 51.0 Å². The highest BCUT2D eigenvalue weighted by Gasteiger charge is 2.19. The summed E-state index contributed by atoms with van der Waals surface area (Å²) >= 11 is 8.94. The molecule has 3 aromatic heterocycles. The Bertz CT molecular complexity index is 606. The van der Waals surface area contributed by atoms with Gasteiger partial charge < -0.3 is 9.73 Å². The molecule has 0 saturated heterocycles. The third-order valence-electron chi connectivity index (χ3n) is 2.33. The molecule has 1 atom stereocenters. The van der Waals surface area contributed by atoms with Gasteiger partial charge in [0, 0.05) is 4.88 Å². The van der Waals surface area contributed by atoms with Gasteiger partial charge >= 0.3 is 0 Å². The number of nitrogens with zero attached hydrogens (tertiary/aromatic N) is 2. The zero-order valence-electron chi connectivity index (χ0n) is 9.04. The fourth-order valence-corrected chi connectivity index (χ4v) is 3.18. The highest BCUT2D eigenvalue weighted by atomic mass is 35.5. The lowest BCUT2D eigenvalue weighted by atomic mass is 10.2. The largest absolute Gasteiger partial charge is 0.467 e. The predicted molar refractivity (Wildman–Crippen MR) is 73.4 cm³/mol. The smallest absolute Gasteiger partial charge is 0.206 e. The number of hydrogen-bond acceptors (Lipinski definition) is 6. The highest BCUT2D eigenvalue weighted by molar-refractivity contribution is 7.16. The Kier molecular flexibility index (Phi) is 3.31. The quantitative estimate of drug-likeness (QED) is 0.789. The molecule has 0 bridgehead atoms. The van der Waals surface area contributed by atoms with Crippen molar-refractivity contribution in [3.63, 3.8) is 0 Å². The van der Waals surface area contributed by atoms with Crippen LogP contribution in [0.15, 0.2) is 40.5 Å². The third-order valence-corrected chi connectivity index (χ3v) is 4.25. The van der Waals surface area contributed by atoms with E-state index in [1.165, 1.54) is 22.7 Å².